The normalized spacial score (nSPS) is 21.3. The molecule has 3 aromatic rings. The van der Waals surface area contributed by atoms with E-state index in [1.807, 2.05) is 13.0 Å². The fraction of sp³-hybridized carbons (Fsp3) is 0.409. The third kappa shape index (κ3) is 3.52. The van der Waals surface area contributed by atoms with Crippen molar-refractivity contribution in [3.05, 3.63) is 57.5 Å². The maximum absolute atomic E-state index is 13.1. The van der Waals surface area contributed by atoms with Crippen LogP contribution in [0, 0.1) is 6.92 Å². The van der Waals surface area contributed by atoms with Crippen LogP contribution >= 0.6 is 0 Å². The number of hydrogen-bond acceptors (Lipinski definition) is 6. The number of rotatable bonds is 5. The number of benzene rings is 1. The number of morpholine rings is 1. The Labute approximate surface area is 177 Å². The van der Waals surface area contributed by atoms with Crippen molar-refractivity contribution in [2.75, 3.05) is 23.4 Å². The van der Waals surface area contributed by atoms with E-state index in [1.54, 1.807) is 19.1 Å². The first-order valence-electron chi connectivity index (χ1n) is 10.3. The van der Waals surface area contributed by atoms with Crippen molar-refractivity contribution in [2.24, 2.45) is 0 Å². The van der Waals surface area contributed by atoms with E-state index in [2.05, 4.69) is 25.4 Å². The highest BCUT2D eigenvalue weighted by Gasteiger charge is 2.40. The maximum atomic E-state index is 13.1. The average Bonchev–Trinajstić information content (AvgIpc) is 3.39. The number of aryl methyl sites for hydroxylation is 1. The number of pyridine rings is 1. The number of alkyl halides is 2. The second-order valence-corrected chi connectivity index (χ2v) is 8.24. The Hall–Kier alpha value is -3.07. The van der Waals surface area contributed by atoms with Crippen molar-refractivity contribution in [3.8, 4) is 0 Å². The van der Waals surface area contributed by atoms with Crippen molar-refractivity contribution >= 4 is 22.4 Å². The number of nitrogens with zero attached hydrogens (tertiary/aromatic N) is 3. The van der Waals surface area contributed by atoms with Crippen molar-refractivity contribution in [3.63, 3.8) is 0 Å². The number of H-pyrrole nitrogens is 1. The molecule has 0 aliphatic carbocycles. The molecule has 2 unspecified atom stereocenters. The fourth-order valence-electron chi connectivity index (χ4n) is 4.49. The van der Waals surface area contributed by atoms with Crippen molar-refractivity contribution < 1.29 is 13.5 Å². The summed E-state index contributed by atoms with van der Waals surface area (Å²) < 4.78 is 31.8. The van der Waals surface area contributed by atoms with Crippen LogP contribution < -0.4 is 15.8 Å². The maximum Gasteiger partial charge on any atom is 0.272 e. The summed E-state index contributed by atoms with van der Waals surface area (Å²) in [7, 11) is 0. The first-order chi connectivity index (χ1) is 14.9. The summed E-state index contributed by atoms with van der Waals surface area (Å²) in [5.41, 5.74) is 2.34. The summed E-state index contributed by atoms with van der Waals surface area (Å²) in [6.07, 6.45) is -1.44. The second-order valence-electron chi connectivity index (χ2n) is 8.24. The number of anilines is 2. The SMILES string of the molecule is Cc1nnc(N[C@H](C)c2cccc(C(F)F)c2)c2cc(N3CC4CC3CO4)c(=O)[nH]c12. The van der Waals surface area contributed by atoms with Gasteiger partial charge in [-0.1, -0.05) is 18.2 Å². The molecular formula is C22H23F2N5O2. The number of nitrogens with one attached hydrogen (secondary N) is 2. The number of aromatic amines is 1. The molecule has 1 aromatic carbocycles. The van der Waals surface area contributed by atoms with Gasteiger partial charge in [0.2, 0.25) is 0 Å². The number of aromatic nitrogens is 3. The van der Waals surface area contributed by atoms with Gasteiger partial charge in [0.25, 0.3) is 12.0 Å². The van der Waals surface area contributed by atoms with Gasteiger partial charge in [0.05, 0.1) is 36.0 Å². The Morgan fingerprint density at radius 1 is 1.26 bits per heavy atom. The molecule has 0 spiro atoms. The fourth-order valence-corrected chi connectivity index (χ4v) is 4.49. The lowest BCUT2D eigenvalue weighted by Crippen LogP contribution is -2.39. The van der Waals surface area contributed by atoms with E-state index in [0.29, 0.717) is 41.4 Å². The highest BCUT2D eigenvalue weighted by atomic mass is 19.3. The van der Waals surface area contributed by atoms with Gasteiger partial charge in [0, 0.05) is 17.5 Å². The van der Waals surface area contributed by atoms with E-state index in [-0.39, 0.29) is 29.3 Å². The number of fused-ring (bicyclic) bond motifs is 3. The number of halogens is 2. The molecule has 2 aliphatic heterocycles. The van der Waals surface area contributed by atoms with E-state index in [4.69, 9.17) is 4.74 Å². The smallest absolute Gasteiger partial charge is 0.272 e. The first kappa shape index (κ1) is 19.9. The summed E-state index contributed by atoms with van der Waals surface area (Å²) in [5, 5.41) is 12.5. The lowest BCUT2D eigenvalue weighted by Gasteiger charge is -2.28. The molecule has 5 rings (SSSR count). The molecule has 3 atom stereocenters. The Bertz CT molecular complexity index is 1200. The van der Waals surface area contributed by atoms with Crippen molar-refractivity contribution in [1.29, 1.82) is 0 Å². The van der Waals surface area contributed by atoms with Crippen LogP contribution in [0.15, 0.2) is 35.1 Å². The predicted octanol–water partition coefficient (Wildman–Crippen LogP) is 3.71. The zero-order valence-corrected chi connectivity index (χ0v) is 17.2. The van der Waals surface area contributed by atoms with E-state index in [9.17, 15) is 13.6 Å². The van der Waals surface area contributed by atoms with Gasteiger partial charge < -0.3 is 19.9 Å². The Morgan fingerprint density at radius 3 is 2.77 bits per heavy atom. The highest BCUT2D eigenvalue weighted by molar-refractivity contribution is 5.92. The van der Waals surface area contributed by atoms with Gasteiger partial charge in [-0.25, -0.2) is 8.78 Å². The zero-order valence-electron chi connectivity index (χ0n) is 17.2. The predicted molar refractivity (Wildman–Crippen MR) is 114 cm³/mol. The standard InChI is InChI=1S/C22H23F2N5O2/c1-11(13-4-3-5-14(6-13)20(23)24)25-21-17-8-18(29-9-16-7-15(29)10-31-16)22(30)26-19(17)12(2)27-28-21/h3-6,8,11,15-16,20H,7,9-10H2,1-2H3,(H,25,28)(H,26,30)/t11-,15?,16?/m1/s1. The molecule has 2 saturated heterocycles. The van der Waals surface area contributed by atoms with Crippen LogP contribution in [-0.2, 0) is 4.74 Å². The Kier molecular flexibility index (Phi) is 4.85. The molecule has 9 heteroatoms. The minimum absolute atomic E-state index is 0.0241. The summed E-state index contributed by atoms with van der Waals surface area (Å²) in [6, 6.07) is 8.07. The van der Waals surface area contributed by atoms with Crippen LogP contribution in [0.1, 0.15) is 42.6 Å². The van der Waals surface area contributed by atoms with Crippen LogP contribution in [-0.4, -0.2) is 40.5 Å². The topological polar surface area (TPSA) is 83.1 Å². The summed E-state index contributed by atoms with van der Waals surface area (Å²) in [5.74, 6) is 0.494. The molecule has 31 heavy (non-hydrogen) atoms. The summed E-state index contributed by atoms with van der Waals surface area (Å²) in [6.45, 7) is 4.98. The molecule has 2 bridgehead atoms. The van der Waals surface area contributed by atoms with Crippen LogP contribution in [0.2, 0.25) is 0 Å². The minimum Gasteiger partial charge on any atom is -0.374 e. The van der Waals surface area contributed by atoms with Crippen LogP contribution in [0.25, 0.3) is 10.9 Å². The summed E-state index contributed by atoms with van der Waals surface area (Å²) in [4.78, 5) is 17.9. The third-order valence-corrected chi connectivity index (χ3v) is 6.16. The van der Waals surface area contributed by atoms with Gasteiger partial charge >= 0.3 is 0 Å². The molecule has 4 heterocycles. The average molecular weight is 427 g/mol. The molecule has 2 N–H and O–H groups in total. The molecule has 0 saturated carbocycles. The first-order valence-corrected chi connectivity index (χ1v) is 10.3. The van der Waals surface area contributed by atoms with Gasteiger partial charge in [0.15, 0.2) is 5.82 Å². The Balaban J connectivity index is 1.53. The van der Waals surface area contributed by atoms with Crippen LogP contribution in [0.3, 0.4) is 0 Å². The number of ether oxygens (including phenoxy) is 1. The van der Waals surface area contributed by atoms with Crippen LogP contribution in [0.5, 0.6) is 0 Å². The molecular weight excluding hydrogens is 404 g/mol. The largest absolute Gasteiger partial charge is 0.374 e. The Morgan fingerprint density at radius 2 is 2.06 bits per heavy atom. The van der Waals surface area contributed by atoms with E-state index >= 15 is 0 Å². The molecule has 7 nitrogen and oxygen atoms in total. The zero-order chi connectivity index (χ0) is 21.7. The van der Waals surface area contributed by atoms with Gasteiger partial charge in [0.1, 0.15) is 5.69 Å². The lowest BCUT2D eigenvalue weighted by atomic mass is 10.0. The number of hydrogen-bond donors (Lipinski definition) is 2. The van der Waals surface area contributed by atoms with Crippen LogP contribution in [0.4, 0.5) is 20.3 Å². The summed E-state index contributed by atoms with van der Waals surface area (Å²) >= 11 is 0. The molecule has 162 valence electrons. The minimum atomic E-state index is -2.53. The molecule has 2 aliphatic rings. The molecule has 0 radical (unpaired) electrons. The van der Waals surface area contributed by atoms with Gasteiger partial charge in [-0.3, -0.25) is 4.79 Å². The lowest BCUT2D eigenvalue weighted by molar-refractivity contribution is 0.0990. The highest BCUT2D eigenvalue weighted by Crippen LogP contribution is 2.33. The van der Waals surface area contributed by atoms with Gasteiger partial charge in [-0.05, 0) is 38.0 Å². The van der Waals surface area contributed by atoms with E-state index in [1.165, 1.54) is 12.1 Å². The third-order valence-electron chi connectivity index (χ3n) is 6.16. The quantitative estimate of drug-likeness (QED) is 0.646. The van der Waals surface area contributed by atoms with Gasteiger partial charge in [-0.2, -0.15) is 5.10 Å². The molecule has 2 aromatic heterocycles. The van der Waals surface area contributed by atoms with E-state index in [0.717, 1.165) is 11.8 Å². The molecule has 2 fully saturated rings. The van der Waals surface area contributed by atoms with Gasteiger partial charge in [-0.15, -0.1) is 5.10 Å². The molecule has 0 amide bonds. The monoisotopic (exact) mass is 427 g/mol. The van der Waals surface area contributed by atoms with E-state index < -0.39 is 6.43 Å². The van der Waals surface area contributed by atoms with Crippen molar-refractivity contribution in [1.82, 2.24) is 15.2 Å². The van der Waals surface area contributed by atoms with Crippen molar-refractivity contribution in [2.45, 2.75) is 44.9 Å². The second kappa shape index (κ2) is 7.56.